The molecule has 20 heavy (non-hydrogen) atoms. The molecule has 3 rings (SSSR count). The van der Waals surface area contributed by atoms with Crippen molar-refractivity contribution in [1.29, 1.82) is 0 Å². The van der Waals surface area contributed by atoms with Crippen LogP contribution in [-0.2, 0) is 4.74 Å². The average Bonchev–Trinajstić information content (AvgIpc) is 3.07. The van der Waals surface area contributed by atoms with Crippen LogP contribution in [0.4, 0.5) is 0 Å². The van der Waals surface area contributed by atoms with Crippen molar-refractivity contribution in [1.82, 2.24) is 19.6 Å². The van der Waals surface area contributed by atoms with Crippen LogP contribution >= 0.6 is 11.3 Å². The van der Waals surface area contributed by atoms with Crippen LogP contribution in [0.2, 0.25) is 0 Å². The number of hydrogen-bond acceptors (Lipinski definition) is 6. The van der Waals surface area contributed by atoms with Crippen LogP contribution in [-0.4, -0.2) is 32.2 Å². The number of hydrogen-bond donors (Lipinski definition) is 0. The van der Waals surface area contributed by atoms with Crippen LogP contribution in [0.25, 0.3) is 17.0 Å². The van der Waals surface area contributed by atoms with Gasteiger partial charge in [-0.3, -0.25) is 0 Å². The van der Waals surface area contributed by atoms with Gasteiger partial charge in [-0.2, -0.15) is 25.9 Å². The van der Waals surface area contributed by atoms with Crippen LogP contribution in [0.1, 0.15) is 23.0 Å². The number of rotatable bonds is 3. The molecule has 0 saturated heterocycles. The normalized spacial score (nSPS) is 10.9. The molecule has 3 heterocycles. The quantitative estimate of drug-likeness (QED) is 0.692. The van der Waals surface area contributed by atoms with Gasteiger partial charge in [-0.15, -0.1) is 0 Å². The molecule has 6 nitrogen and oxygen atoms in total. The van der Waals surface area contributed by atoms with Crippen molar-refractivity contribution in [3.05, 3.63) is 34.4 Å². The van der Waals surface area contributed by atoms with Crippen LogP contribution in [0.3, 0.4) is 0 Å². The zero-order valence-corrected chi connectivity index (χ0v) is 11.8. The third-order valence-corrected chi connectivity index (χ3v) is 3.57. The molecule has 0 spiro atoms. The van der Waals surface area contributed by atoms with E-state index in [9.17, 15) is 4.79 Å². The Morgan fingerprint density at radius 2 is 2.35 bits per heavy atom. The second-order valence-electron chi connectivity index (χ2n) is 4.13. The summed E-state index contributed by atoms with van der Waals surface area (Å²) in [7, 11) is 0. The maximum Gasteiger partial charge on any atom is 0.342 e. The van der Waals surface area contributed by atoms with E-state index in [-0.39, 0.29) is 0 Å². The molecular weight excluding hydrogens is 276 g/mol. The molecule has 0 amide bonds. The monoisotopic (exact) mass is 288 g/mol. The Morgan fingerprint density at radius 3 is 3.05 bits per heavy atom. The van der Waals surface area contributed by atoms with Crippen molar-refractivity contribution in [3.8, 4) is 11.3 Å². The van der Waals surface area contributed by atoms with Gasteiger partial charge in [0, 0.05) is 10.9 Å². The molecule has 0 radical (unpaired) electrons. The van der Waals surface area contributed by atoms with Gasteiger partial charge < -0.3 is 4.74 Å². The summed E-state index contributed by atoms with van der Waals surface area (Å²) in [5.74, 6) is 0.0767. The van der Waals surface area contributed by atoms with Crippen molar-refractivity contribution >= 4 is 23.1 Å². The van der Waals surface area contributed by atoms with Gasteiger partial charge in [-0.25, -0.2) is 9.78 Å². The minimum atomic E-state index is -0.392. The van der Waals surface area contributed by atoms with E-state index in [1.165, 1.54) is 6.33 Å². The third kappa shape index (κ3) is 1.96. The Bertz CT molecular complexity index is 764. The van der Waals surface area contributed by atoms with E-state index >= 15 is 0 Å². The number of aromatic nitrogens is 4. The predicted molar refractivity (Wildman–Crippen MR) is 74.8 cm³/mol. The zero-order chi connectivity index (χ0) is 14.1. The molecule has 0 atom stereocenters. The minimum absolute atomic E-state index is 0.316. The van der Waals surface area contributed by atoms with Crippen LogP contribution in [0.15, 0.2) is 23.2 Å². The minimum Gasteiger partial charge on any atom is -0.462 e. The molecule has 0 aliphatic carbocycles. The van der Waals surface area contributed by atoms with E-state index in [1.807, 2.05) is 16.8 Å². The number of nitrogens with zero attached hydrogens (tertiary/aromatic N) is 4. The summed E-state index contributed by atoms with van der Waals surface area (Å²) in [6.07, 6.45) is 1.42. The van der Waals surface area contributed by atoms with Gasteiger partial charge in [0.1, 0.15) is 11.9 Å². The van der Waals surface area contributed by atoms with Crippen molar-refractivity contribution in [2.24, 2.45) is 0 Å². The van der Waals surface area contributed by atoms with Gasteiger partial charge in [0.25, 0.3) is 5.78 Å². The maximum absolute atomic E-state index is 12.2. The Morgan fingerprint density at radius 1 is 1.50 bits per heavy atom. The van der Waals surface area contributed by atoms with Gasteiger partial charge in [0.2, 0.25) is 0 Å². The van der Waals surface area contributed by atoms with Crippen molar-refractivity contribution < 1.29 is 9.53 Å². The summed E-state index contributed by atoms with van der Waals surface area (Å²) in [5, 5.41) is 8.06. The van der Waals surface area contributed by atoms with E-state index in [0.717, 1.165) is 5.56 Å². The smallest absolute Gasteiger partial charge is 0.342 e. The first-order valence-electron chi connectivity index (χ1n) is 6.12. The van der Waals surface area contributed by atoms with Crippen LogP contribution < -0.4 is 0 Å². The molecule has 7 heteroatoms. The summed E-state index contributed by atoms with van der Waals surface area (Å²) in [5.41, 5.74) is 2.59. The van der Waals surface area contributed by atoms with E-state index in [0.29, 0.717) is 29.3 Å². The molecule has 3 aromatic rings. The lowest BCUT2D eigenvalue weighted by molar-refractivity contribution is 0.0525. The Hall–Kier alpha value is -2.28. The Labute approximate surface area is 119 Å². The van der Waals surface area contributed by atoms with Crippen LogP contribution in [0.5, 0.6) is 0 Å². The highest BCUT2D eigenvalue weighted by molar-refractivity contribution is 7.08. The molecule has 0 aromatic carbocycles. The molecule has 102 valence electrons. The average molecular weight is 288 g/mol. The zero-order valence-electron chi connectivity index (χ0n) is 11.0. The standard InChI is InChI=1S/C13H12N4O2S/c1-3-19-12(18)10-8(2)16-13-14-7-15-17(13)11(10)9-4-5-20-6-9/h4-7H,3H2,1-2H3. The molecule has 0 bridgehead atoms. The van der Waals surface area contributed by atoms with Crippen molar-refractivity contribution in [3.63, 3.8) is 0 Å². The number of carbonyl (C=O) groups excluding carboxylic acids is 1. The largest absolute Gasteiger partial charge is 0.462 e. The first-order chi connectivity index (χ1) is 9.72. The van der Waals surface area contributed by atoms with Crippen LogP contribution in [0, 0.1) is 6.92 Å². The van der Waals surface area contributed by atoms with E-state index in [1.54, 1.807) is 29.7 Å². The van der Waals surface area contributed by atoms with Crippen molar-refractivity contribution in [2.75, 3.05) is 6.61 Å². The van der Waals surface area contributed by atoms with Gasteiger partial charge >= 0.3 is 5.97 Å². The number of fused-ring (bicyclic) bond motifs is 1. The van der Waals surface area contributed by atoms with Gasteiger partial charge in [0.15, 0.2) is 0 Å². The lowest BCUT2D eigenvalue weighted by atomic mass is 10.1. The second-order valence-corrected chi connectivity index (χ2v) is 4.91. The highest BCUT2D eigenvalue weighted by Gasteiger charge is 2.22. The van der Waals surface area contributed by atoms with Crippen molar-refractivity contribution in [2.45, 2.75) is 13.8 Å². The van der Waals surface area contributed by atoms with E-state index < -0.39 is 5.97 Å². The number of thiophene rings is 1. The number of ether oxygens (including phenoxy) is 1. The first kappa shape index (κ1) is 12.7. The topological polar surface area (TPSA) is 69.4 Å². The molecule has 0 saturated carbocycles. The summed E-state index contributed by atoms with van der Waals surface area (Å²) in [6, 6.07) is 1.93. The summed E-state index contributed by atoms with van der Waals surface area (Å²) >= 11 is 1.55. The highest BCUT2D eigenvalue weighted by Crippen LogP contribution is 2.28. The summed E-state index contributed by atoms with van der Waals surface area (Å²) in [4.78, 5) is 20.6. The number of carbonyl (C=O) groups is 1. The molecule has 0 unspecified atom stereocenters. The second kappa shape index (κ2) is 5.01. The maximum atomic E-state index is 12.2. The summed E-state index contributed by atoms with van der Waals surface area (Å²) < 4.78 is 6.71. The molecule has 0 fully saturated rings. The van der Waals surface area contributed by atoms with Gasteiger partial charge in [0.05, 0.1) is 18.0 Å². The van der Waals surface area contributed by atoms with E-state index in [4.69, 9.17) is 4.74 Å². The predicted octanol–water partition coefficient (Wildman–Crippen LogP) is 2.34. The SMILES string of the molecule is CCOC(=O)c1c(C)nc2ncnn2c1-c1ccsc1. The number of aryl methyl sites for hydroxylation is 1. The van der Waals surface area contributed by atoms with E-state index in [2.05, 4.69) is 15.1 Å². The van der Waals surface area contributed by atoms with Gasteiger partial charge in [-0.05, 0) is 25.3 Å². The molecule has 0 N–H and O–H groups in total. The molecule has 3 aromatic heterocycles. The summed E-state index contributed by atoms with van der Waals surface area (Å²) in [6.45, 7) is 3.87. The highest BCUT2D eigenvalue weighted by atomic mass is 32.1. The van der Waals surface area contributed by atoms with Gasteiger partial charge in [-0.1, -0.05) is 0 Å². The third-order valence-electron chi connectivity index (χ3n) is 2.88. The Kier molecular flexibility index (Phi) is 3.19. The number of esters is 1. The molecule has 0 aliphatic rings. The lowest BCUT2D eigenvalue weighted by Crippen LogP contribution is -2.13. The first-order valence-corrected chi connectivity index (χ1v) is 7.06. The Balaban J connectivity index is 2.34. The molecule has 0 aliphatic heterocycles. The lowest BCUT2D eigenvalue weighted by Gasteiger charge is -2.11. The fourth-order valence-corrected chi connectivity index (χ4v) is 2.71. The molecular formula is C13H12N4O2S. The fourth-order valence-electron chi connectivity index (χ4n) is 2.07. The fraction of sp³-hybridized carbons (Fsp3) is 0.231.